The smallest absolute Gasteiger partial charge is 0.234 e. The van der Waals surface area contributed by atoms with E-state index in [1.54, 1.807) is 6.20 Å². The Labute approximate surface area is 115 Å². The molecule has 0 saturated carbocycles. The zero-order valence-electron chi connectivity index (χ0n) is 12.1. The van der Waals surface area contributed by atoms with E-state index in [1.165, 1.54) is 12.8 Å². The summed E-state index contributed by atoms with van der Waals surface area (Å²) in [5.41, 5.74) is 0. The van der Waals surface area contributed by atoms with Crippen LogP contribution in [0.25, 0.3) is 0 Å². The lowest BCUT2D eigenvalue weighted by atomic mass is 10.1. The van der Waals surface area contributed by atoms with Gasteiger partial charge in [-0.05, 0) is 46.2 Å². The van der Waals surface area contributed by atoms with Gasteiger partial charge in [0, 0.05) is 13.1 Å². The number of ether oxygens (including phenoxy) is 1. The molecule has 1 saturated heterocycles. The Hall–Kier alpha value is -1.36. The average Bonchev–Trinajstić information content (AvgIpc) is 2.66. The van der Waals surface area contributed by atoms with Crippen molar-refractivity contribution in [2.45, 2.75) is 45.3 Å². The lowest BCUT2D eigenvalue weighted by molar-refractivity contribution is 0.231. The van der Waals surface area contributed by atoms with Gasteiger partial charge in [-0.25, -0.2) is 0 Å². The van der Waals surface area contributed by atoms with Crippen LogP contribution in [-0.4, -0.2) is 42.3 Å². The van der Waals surface area contributed by atoms with E-state index in [9.17, 15) is 0 Å². The highest BCUT2D eigenvalue weighted by atomic mass is 16.5. The van der Waals surface area contributed by atoms with Crippen LogP contribution in [-0.2, 0) is 0 Å². The number of aromatic nitrogens is 2. The maximum Gasteiger partial charge on any atom is 0.234 e. The Balaban J connectivity index is 2.06. The first-order valence-corrected chi connectivity index (χ1v) is 7.09. The molecule has 5 heteroatoms. The van der Waals surface area contributed by atoms with Crippen molar-refractivity contribution in [1.29, 1.82) is 0 Å². The standard InChI is InChI=1S/C14H24N4O/c1-11(2)19-14-10-16-9-13(17-14)18(3)12-5-4-7-15-8-6-12/h9-12,15H,4-8H2,1-3H3. The van der Waals surface area contributed by atoms with E-state index in [0.717, 1.165) is 25.3 Å². The van der Waals surface area contributed by atoms with Crippen molar-refractivity contribution in [2.75, 3.05) is 25.0 Å². The topological polar surface area (TPSA) is 50.3 Å². The molecule has 1 atom stereocenters. The van der Waals surface area contributed by atoms with Crippen LogP contribution >= 0.6 is 0 Å². The molecule has 1 aliphatic heterocycles. The van der Waals surface area contributed by atoms with Gasteiger partial charge in [-0.1, -0.05) is 0 Å². The monoisotopic (exact) mass is 264 g/mol. The summed E-state index contributed by atoms with van der Waals surface area (Å²) in [6, 6.07) is 0.526. The maximum absolute atomic E-state index is 5.60. The summed E-state index contributed by atoms with van der Waals surface area (Å²) in [7, 11) is 2.10. The van der Waals surface area contributed by atoms with Crippen molar-refractivity contribution in [2.24, 2.45) is 0 Å². The first kappa shape index (κ1) is 14.1. The second-order valence-electron chi connectivity index (χ2n) is 5.33. The summed E-state index contributed by atoms with van der Waals surface area (Å²) < 4.78 is 5.60. The van der Waals surface area contributed by atoms with Crippen molar-refractivity contribution < 1.29 is 4.74 Å². The molecule has 1 aromatic heterocycles. The molecule has 0 bridgehead atoms. The fourth-order valence-corrected chi connectivity index (χ4v) is 2.38. The second kappa shape index (κ2) is 6.70. The Morgan fingerprint density at radius 2 is 2.16 bits per heavy atom. The Kier molecular flexibility index (Phi) is 4.96. The summed E-state index contributed by atoms with van der Waals surface area (Å²) in [5.74, 6) is 1.50. The molecule has 0 spiro atoms. The molecule has 1 unspecified atom stereocenters. The minimum absolute atomic E-state index is 0.122. The predicted octanol–water partition coefficient (Wildman–Crippen LogP) is 1.84. The summed E-state index contributed by atoms with van der Waals surface area (Å²) in [6.07, 6.45) is 7.16. The minimum atomic E-state index is 0.122. The third-order valence-corrected chi connectivity index (χ3v) is 3.41. The molecule has 0 aliphatic carbocycles. The second-order valence-corrected chi connectivity index (χ2v) is 5.33. The van der Waals surface area contributed by atoms with Crippen LogP contribution < -0.4 is 15.0 Å². The Bertz CT molecular complexity index is 389. The molecule has 106 valence electrons. The van der Waals surface area contributed by atoms with Gasteiger partial charge < -0.3 is 15.0 Å². The SMILES string of the molecule is CC(C)Oc1cncc(N(C)C2CCCNCC2)n1. The molecule has 5 nitrogen and oxygen atoms in total. The fourth-order valence-electron chi connectivity index (χ4n) is 2.38. The van der Waals surface area contributed by atoms with Gasteiger partial charge in [0.2, 0.25) is 5.88 Å². The summed E-state index contributed by atoms with van der Waals surface area (Å²) in [5, 5.41) is 3.43. The number of nitrogens with one attached hydrogen (secondary N) is 1. The normalized spacial score (nSPS) is 20.1. The molecule has 1 aliphatic rings. The first-order valence-electron chi connectivity index (χ1n) is 7.09. The van der Waals surface area contributed by atoms with E-state index < -0.39 is 0 Å². The van der Waals surface area contributed by atoms with E-state index in [4.69, 9.17) is 4.74 Å². The molecule has 0 radical (unpaired) electrons. The lowest BCUT2D eigenvalue weighted by Crippen LogP contribution is -2.33. The first-order chi connectivity index (χ1) is 9.16. The third kappa shape index (κ3) is 4.06. The molecule has 2 rings (SSSR count). The fraction of sp³-hybridized carbons (Fsp3) is 0.714. The van der Waals surface area contributed by atoms with Crippen LogP contribution in [0.2, 0.25) is 0 Å². The zero-order valence-corrected chi connectivity index (χ0v) is 12.1. The number of rotatable bonds is 4. The van der Waals surface area contributed by atoms with Gasteiger partial charge in [-0.15, -0.1) is 0 Å². The molecular formula is C14H24N4O. The van der Waals surface area contributed by atoms with Crippen molar-refractivity contribution >= 4 is 5.82 Å². The van der Waals surface area contributed by atoms with Crippen molar-refractivity contribution in [3.63, 3.8) is 0 Å². The number of hydrogen-bond acceptors (Lipinski definition) is 5. The largest absolute Gasteiger partial charge is 0.474 e. The van der Waals surface area contributed by atoms with Gasteiger partial charge in [0.25, 0.3) is 0 Å². The molecule has 0 aromatic carbocycles. The van der Waals surface area contributed by atoms with Gasteiger partial charge in [-0.3, -0.25) is 4.98 Å². The molecule has 0 amide bonds. The van der Waals surface area contributed by atoms with E-state index in [-0.39, 0.29) is 6.10 Å². The van der Waals surface area contributed by atoms with Gasteiger partial charge in [-0.2, -0.15) is 4.98 Å². The van der Waals surface area contributed by atoms with Crippen LogP contribution in [0.5, 0.6) is 5.88 Å². The summed E-state index contributed by atoms with van der Waals surface area (Å²) in [4.78, 5) is 11.0. The lowest BCUT2D eigenvalue weighted by Gasteiger charge is -2.28. The number of nitrogens with zero attached hydrogens (tertiary/aromatic N) is 3. The average molecular weight is 264 g/mol. The van der Waals surface area contributed by atoms with Crippen LogP contribution in [0.1, 0.15) is 33.1 Å². The van der Waals surface area contributed by atoms with Crippen LogP contribution in [0.15, 0.2) is 12.4 Å². The summed E-state index contributed by atoms with van der Waals surface area (Å²) >= 11 is 0. The van der Waals surface area contributed by atoms with E-state index in [0.29, 0.717) is 11.9 Å². The highest BCUT2D eigenvalue weighted by Gasteiger charge is 2.18. The number of hydrogen-bond donors (Lipinski definition) is 1. The van der Waals surface area contributed by atoms with Gasteiger partial charge in [0.05, 0.1) is 18.5 Å². The molecule has 1 fully saturated rings. The highest BCUT2D eigenvalue weighted by Crippen LogP contribution is 2.20. The van der Waals surface area contributed by atoms with E-state index >= 15 is 0 Å². The maximum atomic E-state index is 5.60. The van der Waals surface area contributed by atoms with Crippen LogP contribution in [0.4, 0.5) is 5.82 Å². The van der Waals surface area contributed by atoms with E-state index in [1.807, 2.05) is 20.0 Å². The van der Waals surface area contributed by atoms with Crippen molar-refractivity contribution in [3.8, 4) is 5.88 Å². The van der Waals surface area contributed by atoms with Crippen molar-refractivity contribution in [3.05, 3.63) is 12.4 Å². The van der Waals surface area contributed by atoms with Crippen molar-refractivity contribution in [1.82, 2.24) is 15.3 Å². The zero-order chi connectivity index (χ0) is 13.7. The Morgan fingerprint density at radius 1 is 1.32 bits per heavy atom. The molecule has 1 N–H and O–H groups in total. The predicted molar refractivity (Wildman–Crippen MR) is 76.7 cm³/mol. The van der Waals surface area contributed by atoms with Gasteiger partial charge in [0.15, 0.2) is 5.82 Å². The Morgan fingerprint density at radius 3 is 2.95 bits per heavy atom. The van der Waals surface area contributed by atoms with E-state index in [2.05, 4.69) is 27.2 Å². The molecule has 19 heavy (non-hydrogen) atoms. The highest BCUT2D eigenvalue weighted by molar-refractivity contribution is 5.37. The van der Waals surface area contributed by atoms with Gasteiger partial charge in [0.1, 0.15) is 0 Å². The number of anilines is 1. The molecule has 2 heterocycles. The van der Waals surface area contributed by atoms with Crippen LogP contribution in [0.3, 0.4) is 0 Å². The molecule has 1 aromatic rings. The summed E-state index contributed by atoms with van der Waals surface area (Å²) in [6.45, 7) is 6.18. The minimum Gasteiger partial charge on any atom is -0.474 e. The molecular weight excluding hydrogens is 240 g/mol. The van der Waals surface area contributed by atoms with Gasteiger partial charge >= 0.3 is 0 Å². The van der Waals surface area contributed by atoms with Crippen LogP contribution in [0, 0.1) is 0 Å². The quantitative estimate of drug-likeness (QED) is 0.899. The third-order valence-electron chi connectivity index (χ3n) is 3.41.